The maximum absolute atomic E-state index is 13.2. The molecule has 1 N–H and O–H groups in total. The molecule has 0 aromatic carbocycles. The third-order valence-corrected chi connectivity index (χ3v) is 2.78. The van der Waals surface area contributed by atoms with E-state index >= 15 is 0 Å². The van der Waals surface area contributed by atoms with Gasteiger partial charge in [-0.05, 0) is 30.3 Å². The number of aryl methyl sites for hydroxylation is 1. The van der Waals surface area contributed by atoms with Crippen LogP contribution in [0.25, 0.3) is 0 Å². The van der Waals surface area contributed by atoms with Gasteiger partial charge in [0.1, 0.15) is 17.3 Å². The van der Waals surface area contributed by atoms with Gasteiger partial charge in [0.25, 0.3) is 0 Å². The van der Waals surface area contributed by atoms with E-state index in [4.69, 9.17) is 4.42 Å². The average molecular weight is 248 g/mol. The maximum atomic E-state index is 13.2. The second-order valence-electron chi connectivity index (χ2n) is 4.08. The van der Waals surface area contributed by atoms with Crippen molar-refractivity contribution in [1.82, 2.24) is 10.3 Å². The van der Waals surface area contributed by atoms with E-state index in [0.717, 1.165) is 30.0 Å². The van der Waals surface area contributed by atoms with Crippen LogP contribution in [0.4, 0.5) is 4.39 Å². The van der Waals surface area contributed by atoms with Crippen molar-refractivity contribution in [3.63, 3.8) is 0 Å². The Kier molecular flexibility index (Phi) is 4.10. The topological polar surface area (TPSA) is 38.1 Å². The molecule has 0 aliphatic heterocycles. The summed E-state index contributed by atoms with van der Waals surface area (Å²) in [6, 6.07) is 5.20. The second kappa shape index (κ2) is 5.78. The number of pyridine rings is 1. The number of halogens is 1. The summed E-state index contributed by atoms with van der Waals surface area (Å²) >= 11 is 0. The van der Waals surface area contributed by atoms with E-state index < -0.39 is 0 Å². The smallest absolute Gasteiger partial charge is 0.141 e. The summed E-state index contributed by atoms with van der Waals surface area (Å²) in [5, 5.41) is 3.28. The molecule has 18 heavy (non-hydrogen) atoms. The van der Waals surface area contributed by atoms with Crippen LogP contribution in [0.2, 0.25) is 0 Å². The molecule has 0 saturated carbocycles. The molecule has 1 unspecified atom stereocenters. The molecular weight excluding hydrogens is 231 g/mol. The third kappa shape index (κ3) is 2.76. The Morgan fingerprint density at radius 3 is 2.78 bits per heavy atom. The largest absolute Gasteiger partial charge is 0.464 e. The van der Waals surface area contributed by atoms with Gasteiger partial charge in [-0.2, -0.15) is 0 Å². The molecule has 2 rings (SSSR count). The van der Waals surface area contributed by atoms with Crippen LogP contribution in [-0.4, -0.2) is 11.5 Å². The van der Waals surface area contributed by atoms with Gasteiger partial charge in [0.05, 0.1) is 12.2 Å². The van der Waals surface area contributed by atoms with E-state index in [0.29, 0.717) is 0 Å². The van der Waals surface area contributed by atoms with Gasteiger partial charge in [0.15, 0.2) is 0 Å². The fraction of sp³-hybridized carbons (Fsp3) is 0.357. The lowest BCUT2D eigenvalue weighted by molar-refractivity contribution is 0.424. The Morgan fingerprint density at radius 1 is 1.33 bits per heavy atom. The van der Waals surface area contributed by atoms with Crippen LogP contribution in [0, 0.1) is 5.82 Å². The van der Waals surface area contributed by atoms with E-state index in [2.05, 4.69) is 10.3 Å². The first-order chi connectivity index (χ1) is 8.74. The number of nitrogens with zero attached hydrogens (tertiary/aromatic N) is 1. The summed E-state index contributed by atoms with van der Waals surface area (Å²) in [4.78, 5) is 3.88. The molecule has 2 aromatic heterocycles. The highest BCUT2D eigenvalue weighted by Crippen LogP contribution is 2.24. The van der Waals surface area contributed by atoms with E-state index in [1.165, 1.54) is 12.3 Å². The van der Waals surface area contributed by atoms with Gasteiger partial charge >= 0.3 is 0 Å². The molecule has 2 heterocycles. The lowest BCUT2D eigenvalue weighted by Gasteiger charge is -2.15. The lowest BCUT2D eigenvalue weighted by Crippen LogP contribution is -2.21. The van der Waals surface area contributed by atoms with Gasteiger partial charge in [-0.3, -0.25) is 4.98 Å². The Hall–Kier alpha value is -1.68. The van der Waals surface area contributed by atoms with Crippen LogP contribution in [-0.2, 0) is 6.42 Å². The minimum atomic E-state index is -0.335. The molecule has 96 valence electrons. The van der Waals surface area contributed by atoms with Crippen LogP contribution < -0.4 is 5.32 Å². The number of furan rings is 1. The van der Waals surface area contributed by atoms with E-state index in [1.807, 2.05) is 26.0 Å². The average Bonchev–Trinajstić information content (AvgIpc) is 2.84. The number of hydrogen-bond donors (Lipinski definition) is 1. The van der Waals surface area contributed by atoms with Gasteiger partial charge in [-0.1, -0.05) is 13.8 Å². The zero-order valence-corrected chi connectivity index (χ0v) is 10.6. The monoisotopic (exact) mass is 248 g/mol. The summed E-state index contributed by atoms with van der Waals surface area (Å²) in [5.41, 5.74) is 0.772. The van der Waals surface area contributed by atoms with Gasteiger partial charge in [0.2, 0.25) is 0 Å². The quantitative estimate of drug-likeness (QED) is 0.883. The maximum Gasteiger partial charge on any atom is 0.141 e. The summed E-state index contributed by atoms with van der Waals surface area (Å²) < 4.78 is 19.0. The van der Waals surface area contributed by atoms with Crippen molar-refractivity contribution in [2.24, 2.45) is 0 Å². The molecule has 0 aliphatic carbocycles. The van der Waals surface area contributed by atoms with E-state index in [1.54, 1.807) is 6.20 Å². The zero-order chi connectivity index (χ0) is 13.0. The molecule has 2 aromatic rings. The molecular formula is C14H17FN2O. The Morgan fingerprint density at radius 2 is 2.17 bits per heavy atom. The highest BCUT2D eigenvalue weighted by atomic mass is 19.1. The van der Waals surface area contributed by atoms with Gasteiger partial charge in [-0.15, -0.1) is 0 Å². The molecule has 4 heteroatoms. The Balaban J connectivity index is 2.33. The van der Waals surface area contributed by atoms with Crippen LogP contribution in [0.5, 0.6) is 0 Å². The molecule has 0 bridgehead atoms. The van der Waals surface area contributed by atoms with Crippen molar-refractivity contribution in [3.05, 3.63) is 53.5 Å². The van der Waals surface area contributed by atoms with Crippen molar-refractivity contribution in [2.75, 3.05) is 6.54 Å². The predicted molar refractivity (Wildman–Crippen MR) is 67.8 cm³/mol. The molecule has 0 spiro atoms. The second-order valence-corrected chi connectivity index (χ2v) is 4.08. The molecule has 3 nitrogen and oxygen atoms in total. The van der Waals surface area contributed by atoms with Crippen LogP contribution in [0.1, 0.15) is 37.0 Å². The number of hydrogen-bond acceptors (Lipinski definition) is 3. The molecule has 0 saturated heterocycles. The zero-order valence-electron chi connectivity index (χ0n) is 10.6. The molecule has 0 amide bonds. The van der Waals surface area contributed by atoms with Crippen LogP contribution in [0.15, 0.2) is 35.0 Å². The number of aromatic nitrogens is 1. The first kappa shape index (κ1) is 12.8. The summed E-state index contributed by atoms with van der Waals surface area (Å²) in [5.74, 6) is 1.39. The van der Waals surface area contributed by atoms with Crippen molar-refractivity contribution < 1.29 is 8.81 Å². The summed E-state index contributed by atoms with van der Waals surface area (Å²) in [6.45, 7) is 4.81. The van der Waals surface area contributed by atoms with Crippen molar-refractivity contribution in [1.29, 1.82) is 0 Å². The van der Waals surface area contributed by atoms with Gasteiger partial charge < -0.3 is 9.73 Å². The predicted octanol–water partition coefficient (Wildman–Crippen LogP) is 3.08. The van der Waals surface area contributed by atoms with E-state index in [-0.39, 0.29) is 11.9 Å². The standard InChI is InChI=1S/C14H17FN2O/c1-3-12-5-6-13(18-12)14(17-4-2)10-7-11(15)9-16-8-10/h5-9,14,17H,3-4H2,1-2H3. The fourth-order valence-corrected chi connectivity index (χ4v) is 1.91. The first-order valence-electron chi connectivity index (χ1n) is 6.17. The minimum absolute atomic E-state index is 0.154. The fourth-order valence-electron chi connectivity index (χ4n) is 1.91. The van der Waals surface area contributed by atoms with Gasteiger partial charge in [-0.25, -0.2) is 4.39 Å². The molecule has 1 atom stereocenters. The lowest BCUT2D eigenvalue weighted by atomic mass is 10.1. The molecule has 0 aliphatic rings. The highest BCUT2D eigenvalue weighted by molar-refractivity contribution is 5.25. The number of rotatable bonds is 5. The molecule has 0 radical (unpaired) electrons. The normalized spacial score (nSPS) is 12.6. The third-order valence-electron chi connectivity index (χ3n) is 2.78. The van der Waals surface area contributed by atoms with Crippen LogP contribution >= 0.6 is 0 Å². The van der Waals surface area contributed by atoms with Gasteiger partial charge in [0, 0.05) is 12.6 Å². The van der Waals surface area contributed by atoms with Crippen molar-refractivity contribution in [2.45, 2.75) is 26.3 Å². The summed E-state index contributed by atoms with van der Waals surface area (Å²) in [7, 11) is 0. The Labute approximate surface area is 106 Å². The highest BCUT2D eigenvalue weighted by Gasteiger charge is 2.17. The van der Waals surface area contributed by atoms with Crippen LogP contribution in [0.3, 0.4) is 0 Å². The van der Waals surface area contributed by atoms with E-state index in [9.17, 15) is 4.39 Å². The summed E-state index contributed by atoms with van der Waals surface area (Å²) in [6.07, 6.45) is 3.71. The Bertz CT molecular complexity index is 510. The number of nitrogens with one attached hydrogen (secondary N) is 1. The SMILES string of the molecule is CCNC(c1cncc(F)c1)c1ccc(CC)o1. The van der Waals surface area contributed by atoms with Crippen molar-refractivity contribution >= 4 is 0 Å². The minimum Gasteiger partial charge on any atom is -0.464 e. The molecule has 0 fully saturated rings. The first-order valence-corrected chi connectivity index (χ1v) is 6.17. The van der Waals surface area contributed by atoms with Crippen molar-refractivity contribution in [3.8, 4) is 0 Å².